The number of carbonyl (C=O) groups is 1. The maximum absolute atomic E-state index is 11.5. The van der Waals surface area contributed by atoms with Crippen molar-refractivity contribution < 1.29 is 9.90 Å². The predicted molar refractivity (Wildman–Crippen MR) is 83.2 cm³/mol. The topological polar surface area (TPSA) is 68.0 Å². The van der Waals surface area contributed by atoms with E-state index in [9.17, 15) is 9.90 Å². The lowest BCUT2D eigenvalue weighted by molar-refractivity contribution is 0.0687. The molecule has 0 fully saturated rings. The third-order valence-corrected chi connectivity index (χ3v) is 3.59. The predicted octanol–water partition coefficient (Wildman–Crippen LogP) is 3.25. The quantitative estimate of drug-likeness (QED) is 0.805. The van der Waals surface area contributed by atoms with Gasteiger partial charge in [-0.3, -0.25) is 4.98 Å². The first-order chi connectivity index (χ1) is 10.6. The molecule has 0 unspecified atom stereocenters. The van der Waals surface area contributed by atoms with Crippen LogP contribution < -0.4 is 0 Å². The van der Waals surface area contributed by atoms with Gasteiger partial charge in [-0.25, -0.2) is 9.48 Å². The Morgan fingerprint density at radius 3 is 2.50 bits per heavy atom. The second kappa shape index (κ2) is 5.44. The summed E-state index contributed by atoms with van der Waals surface area (Å²) in [5.41, 5.74) is 4.26. The normalized spacial score (nSPS) is 10.6. The van der Waals surface area contributed by atoms with E-state index in [1.54, 1.807) is 18.3 Å². The number of hydrogen-bond acceptors (Lipinski definition) is 3. The molecule has 3 aromatic rings. The van der Waals surface area contributed by atoms with Crippen molar-refractivity contribution in [2.45, 2.75) is 13.8 Å². The minimum Gasteiger partial charge on any atom is -0.477 e. The first-order valence-corrected chi connectivity index (χ1v) is 6.88. The molecule has 3 rings (SSSR count). The maximum Gasteiger partial charge on any atom is 0.354 e. The molecule has 0 amide bonds. The number of aromatic carboxylic acids is 1. The van der Waals surface area contributed by atoms with Crippen molar-refractivity contribution in [2.24, 2.45) is 0 Å². The lowest BCUT2D eigenvalue weighted by Gasteiger charge is -2.07. The highest BCUT2D eigenvalue weighted by Gasteiger charge is 2.17. The average Bonchev–Trinajstić information content (AvgIpc) is 2.96. The lowest BCUT2D eigenvalue weighted by Crippen LogP contribution is -2.08. The molecule has 1 aromatic carbocycles. The molecule has 0 aliphatic rings. The maximum atomic E-state index is 11.5. The van der Waals surface area contributed by atoms with Crippen LogP contribution in [0.5, 0.6) is 0 Å². The first-order valence-electron chi connectivity index (χ1n) is 6.88. The summed E-state index contributed by atoms with van der Waals surface area (Å²) in [6.45, 7) is 4.00. The van der Waals surface area contributed by atoms with Crippen LogP contribution in [0.15, 0.2) is 48.7 Å². The summed E-state index contributed by atoms with van der Waals surface area (Å²) in [5, 5.41) is 13.8. The van der Waals surface area contributed by atoms with E-state index in [1.807, 2.05) is 44.2 Å². The standard InChI is InChI=1S/C17H15N3O2/c1-11-6-7-13(9-12(11)2)20-16(17(21)22)10-15(19-20)14-5-3-4-8-18-14/h3-10H,1-2H3,(H,21,22). The summed E-state index contributed by atoms with van der Waals surface area (Å²) >= 11 is 0. The number of carboxylic acids is 1. The van der Waals surface area contributed by atoms with Crippen molar-refractivity contribution >= 4 is 5.97 Å². The fourth-order valence-electron chi connectivity index (χ4n) is 2.23. The van der Waals surface area contributed by atoms with Gasteiger partial charge >= 0.3 is 5.97 Å². The zero-order chi connectivity index (χ0) is 15.7. The summed E-state index contributed by atoms with van der Waals surface area (Å²) in [4.78, 5) is 15.7. The van der Waals surface area contributed by atoms with Gasteiger partial charge < -0.3 is 5.11 Å². The van der Waals surface area contributed by atoms with Gasteiger partial charge in [-0.05, 0) is 49.2 Å². The Morgan fingerprint density at radius 2 is 1.86 bits per heavy atom. The van der Waals surface area contributed by atoms with Gasteiger partial charge in [0.2, 0.25) is 0 Å². The number of aromatic nitrogens is 3. The fourth-order valence-corrected chi connectivity index (χ4v) is 2.23. The molecule has 2 heterocycles. The highest BCUT2D eigenvalue weighted by atomic mass is 16.4. The van der Waals surface area contributed by atoms with Crippen molar-refractivity contribution in [1.29, 1.82) is 0 Å². The summed E-state index contributed by atoms with van der Waals surface area (Å²) in [5.74, 6) is -1.02. The third kappa shape index (κ3) is 2.48. The summed E-state index contributed by atoms with van der Waals surface area (Å²) < 4.78 is 1.44. The Morgan fingerprint density at radius 1 is 1.05 bits per heavy atom. The minimum atomic E-state index is -1.02. The van der Waals surface area contributed by atoms with Gasteiger partial charge in [0.1, 0.15) is 5.69 Å². The Kier molecular flexibility index (Phi) is 3.47. The van der Waals surface area contributed by atoms with Gasteiger partial charge in [0.05, 0.1) is 11.4 Å². The van der Waals surface area contributed by atoms with Crippen LogP contribution in [-0.4, -0.2) is 25.8 Å². The molecule has 0 saturated heterocycles. The fraction of sp³-hybridized carbons (Fsp3) is 0.118. The van der Waals surface area contributed by atoms with Crippen LogP contribution in [-0.2, 0) is 0 Å². The van der Waals surface area contributed by atoms with Crippen molar-refractivity contribution in [3.63, 3.8) is 0 Å². The molecule has 0 saturated carbocycles. The van der Waals surface area contributed by atoms with Gasteiger partial charge in [-0.1, -0.05) is 12.1 Å². The largest absolute Gasteiger partial charge is 0.477 e. The molecule has 0 aliphatic carbocycles. The van der Waals surface area contributed by atoms with Crippen LogP contribution in [0.25, 0.3) is 17.1 Å². The van der Waals surface area contributed by atoms with Crippen LogP contribution in [0.4, 0.5) is 0 Å². The van der Waals surface area contributed by atoms with E-state index in [4.69, 9.17) is 0 Å². The van der Waals surface area contributed by atoms with Crippen LogP contribution in [0.3, 0.4) is 0 Å². The number of aryl methyl sites for hydroxylation is 2. The number of nitrogens with zero attached hydrogens (tertiary/aromatic N) is 3. The Bertz CT molecular complexity index is 838. The Balaban J connectivity index is 2.16. The molecule has 5 heteroatoms. The van der Waals surface area contributed by atoms with E-state index >= 15 is 0 Å². The molecule has 0 radical (unpaired) electrons. The van der Waals surface area contributed by atoms with Crippen molar-refractivity contribution in [3.8, 4) is 17.1 Å². The molecule has 110 valence electrons. The highest BCUT2D eigenvalue weighted by molar-refractivity contribution is 5.88. The molecular weight excluding hydrogens is 278 g/mol. The number of hydrogen-bond donors (Lipinski definition) is 1. The van der Waals surface area contributed by atoms with E-state index in [0.29, 0.717) is 11.4 Å². The number of pyridine rings is 1. The molecular formula is C17H15N3O2. The van der Waals surface area contributed by atoms with Crippen molar-refractivity contribution in [2.75, 3.05) is 0 Å². The summed E-state index contributed by atoms with van der Waals surface area (Å²) in [7, 11) is 0. The molecule has 0 atom stereocenters. The van der Waals surface area contributed by atoms with E-state index < -0.39 is 5.97 Å². The van der Waals surface area contributed by atoms with E-state index in [-0.39, 0.29) is 5.69 Å². The minimum absolute atomic E-state index is 0.115. The summed E-state index contributed by atoms with van der Waals surface area (Å²) in [6.07, 6.45) is 1.66. The first kappa shape index (κ1) is 14.0. The average molecular weight is 293 g/mol. The zero-order valence-electron chi connectivity index (χ0n) is 12.3. The van der Waals surface area contributed by atoms with Gasteiger partial charge in [0.15, 0.2) is 5.69 Å². The molecule has 22 heavy (non-hydrogen) atoms. The zero-order valence-corrected chi connectivity index (χ0v) is 12.3. The van der Waals surface area contributed by atoms with Crippen LogP contribution in [0, 0.1) is 13.8 Å². The van der Waals surface area contributed by atoms with Gasteiger partial charge in [-0.2, -0.15) is 5.10 Å². The van der Waals surface area contributed by atoms with Gasteiger partial charge in [0, 0.05) is 12.3 Å². The van der Waals surface area contributed by atoms with Crippen molar-refractivity contribution in [1.82, 2.24) is 14.8 Å². The van der Waals surface area contributed by atoms with E-state index in [1.165, 1.54) is 4.68 Å². The van der Waals surface area contributed by atoms with Crippen LogP contribution in [0.2, 0.25) is 0 Å². The third-order valence-electron chi connectivity index (χ3n) is 3.59. The smallest absolute Gasteiger partial charge is 0.354 e. The highest BCUT2D eigenvalue weighted by Crippen LogP contribution is 2.21. The van der Waals surface area contributed by atoms with Gasteiger partial charge in [-0.15, -0.1) is 0 Å². The Hall–Kier alpha value is -2.95. The number of benzene rings is 1. The molecule has 1 N–H and O–H groups in total. The van der Waals surface area contributed by atoms with Crippen LogP contribution in [0.1, 0.15) is 21.6 Å². The molecule has 2 aromatic heterocycles. The number of carboxylic acid groups (broad SMARTS) is 1. The van der Waals surface area contributed by atoms with E-state index in [0.717, 1.165) is 16.8 Å². The number of rotatable bonds is 3. The van der Waals surface area contributed by atoms with Gasteiger partial charge in [0.25, 0.3) is 0 Å². The van der Waals surface area contributed by atoms with E-state index in [2.05, 4.69) is 10.1 Å². The SMILES string of the molecule is Cc1ccc(-n2nc(-c3ccccn3)cc2C(=O)O)cc1C. The molecule has 0 spiro atoms. The second-order valence-electron chi connectivity index (χ2n) is 5.12. The van der Waals surface area contributed by atoms with Crippen molar-refractivity contribution in [3.05, 3.63) is 65.5 Å². The summed E-state index contributed by atoms with van der Waals surface area (Å²) in [6, 6.07) is 12.7. The molecule has 0 bridgehead atoms. The molecule has 5 nitrogen and oxygen atoms in total. The van der Waals surface area contributed by atoms with Crippen LogP contribution >= 0.6 is 0 Å². The lowest BCUT2D eigenvalue weighted by atomic mass is 10.1. The molecule has 0 aliphatic heterocycles. The second-order valence-corrected chi connectivity index (χ2v) is 5.12. The monoisotopic (exact) mass is 293 g/mol. The Labute approximate surface area is 127 Å².